The summed E-state index contributed by atoms with van der Waals surface area (Å²) in [4.78, 5) is 11.8. The molecule has 1 amide bonds. The normalized spacial score (nSPS) is 19.0. The van der Waals surface area contributed by atoms with Crippen LogP contribution < -0.4 is 15.4 Å². The van der Waals surface area contributed by atoms with E-state index in [0.717, 1.165) is 11.6 Å². The number of phenolic OH excluding ortho intramolecular Hbond substituents is 1. The summed E-state index contributed by atoms with van der Waals surface area (Å²) in [5.41, 5.74) is 0.369. The molecular weight excluding hydrogens is 240 g/mol. The molecule has 1 heterocycles. The zero-order valence-electron chi connectivity index (χ0n) is 9.40. The van der Waals surface area contributed by atoms with Crippen LogP contribution in [0.15, 0.2) is 18.2 Å². The highest BCUT2D eigenvalue weighted by atomic mass is 32.2. The lowest BCUT2D eigenvalue weighted by molar-refractivity contribution is -0.117. The number of methoxy groups -OCH3 is 1. The summed E-state index contributed by atoms with van der Waals surface area (Å²) in [6.07, 6.45) is 0. The Balaban J connectivity index is 2.09. The molecule has 1 fully saturated rings. The average molecular weight is 254 g/mol. The average Bonchev–Trinajstić information content (AvgIpc) is 2.85. The first-order chi connectivity index (χ1) is 8.20. The molecule has 0 spiro atoms. The Hall–Kier alpha value is -1.40. The molecule has 92 valence electrons. The maximum Gasteiger partial charge on any atom is 0.242 e. The summed E-state index contributed by atoms with van der Waals surface area (Å²) in [7, 11) is 1.53. The molecule has 0 bridgehead atoms. The topological polar surface area (TPSA) is 70.6 Å². The highest BCUT2D eigenvalue weighted by molar-refractivity contribution is 7.99. The number of carbonyl (C=O) groups excluding carboxylic acids is 1. The summed E-state index contributed by atoms with van der Waals surface area (Å²) in [5, 5.41) is 15.4. The van der Waals surface area contributed by atoms with Crippen LogP contribution in [-0.2, 0) is 4.79 Å². The molecule has 3 N–H and O–H groups in total. The number of benzene rings is 1. The molecule has 2 rings (SSSR count). The van der Waals surface area contributed by atoms with E-state index >= 15 is 0 Å². The van der Waals surface area contributed by atoms with Crippen LogP contribution in [0.2, 0.25) is 0 Å². The number of aromatic hydroxyl groups is 1. The van der Waals surface area contributed by atoms with Gasteiger partial charge in [0.05, 0.1) is 18.8 Å². The van der Waals surface area contributed by atoms with E-state index in [4.69, 9.17) is 4.74 Å². The lowest BCUT2D eigenvalue weighted by Gasteiger charge is -2.12. The van der Waals surface area contributed by atoms with Crippen LogP contribution in [0.4, 0.5) is 5.69 Å². The van der Waals surface area contributed by atoms with Crippen molar-refractivity contribution in [2.75, 3.05) is 24.1 Å². The Morgan fingerprint density at radius 2 is 2.47 bits per heavy atom. The van der Waals surface area contributed by atoms with E-state index in [0.29, 0.717) is 11.4 Å². The summed E-state index contributed by atoms with van der Waals surface area (Å²) in [5.74, 6) is 2.01. The van der Waals surface area contributed by atoms with E-state index in [-0.39, 0.29) is 17.7 Å². The molecule has 17 heavy (non-hydrogen) atoms. The Morgan fingerprint density at radius 1 is 1.65 bits per heavy atom. The quantitative estimate of drug-likeness (QED) is 0.702. The lowest BCUT2D eigenvalue weighted by atomic mass is 10.2. The van der Waals surface area contributed by atoms with Crippen molar-refractivity contribution in [2.45, 2.75) is 6.04 Å². The number of thioether (sulfide) groups is 1. The second-order valence-corrected chi connectivity index (χ2v) is 4.67. The van der Waals surface area contributed by atoms with Crippen molar-refractivity contribution < 1.29 is 14.6 Å². The highest BCUT2D eigenvalue weighted by Gasteiger charge is 2.23. The van der Waals surface area contributed by atoms with Crippen LogP contribution in [0.1, 0.15) is 0 Å². The molecule has 0 radical (unpaired) electrons. The van der Waals surface area contributed by atoms with Gasteiger partial charge in [0.25, 0.3) is 0 Å². The lowest BCUT2D eigenvalue weighted by Crippen LogP contribution is -2.37. The van der Waals surface area contributed by atoms with Crippen molar-refractivity contribution in [1.82, 2.24) is 5.32 Å². The van der Waals surface area contributed by atoms with Gasteiger partial charge < -0.3 is 15.2 Å². The Labute approximate surface area is 104 Å². The predicted octanol–water partition coefficient (Wildman–Crippen LogP) is 1.00. The van der Waals surface area contributed by atoms with E-state index in [2.05, 4.69) is 10.6 Å². The number of ether oxygens (including phenoxy) is 1. The largest absolute Gasteiger partial charge is 0.506 e. The molecule has 0 aliphatic carbocycles. The van der Waals surface area contributed by atoms with E-state index in [1.54, 1.807) is 23.9 Å². The first-order valence-corrected chi connectivity index (χ1v) is 6.35. The van der Waals surface area contributed by atoms with Gasteiger partial charge in [0.15, 0.2) is 0 Å². The minimum Gasteiger partial charge on any atom is -0.506 e. The fourth-order valence-electron chi connectivity index (χ4n) is 1.53. The van der Waals surface area contributed by atoms with Crippen molar-refractivity contribution in [3.05, 3.63) is 18.2 Å². The van der Waals surface area contributed by atoms with Gasteiger partial charge in [-0.15, -0.1) is 11.8 Å². The fraction of sp³-hybridized carbons (Fsp3) is 0.364. The molecule has 0 saturated carbocycles. The molecule has 6 heteroatoms. The number of hydrogen-bond donors (Lipinski definition) is 3. The monoisotopic (exact) mass is 254 g/mol. The molecule has 1 aliphatic rings. The number of anilines is 1. The Kier molecular flexibility index (Phi) is 3.75. The number of phenols is 1. The van der Waals surface area contributed by atoms with E-state index in [9.17, 15) is 9.90 Å². The number of rotatable bonds is 3. The van der Waals surface area contributed by atoms with Gasteiger partial charge in [-0.05, 0) is 12.1 Å². The molecule has 1 aliphatic heterocycles. The second-order valence-electron chi connectivity index (χ2n) is 3.64. The molecule has 5 nitrogen and oxygen atoms in total. The zero-order valence-corrected chi connectivity index (χ0v) is 10.2. The minimum atomic E-state index is -0.203. The molecule has 0 aromatic heterocycles. The predicted molar refractivity (Wildman–Crippen MR) is 67.5 cm³/mol. The Bertz CT molecular complexity index is 419. The van der Waals surface area contributed by atoms with Crippen molar-refractivity contribution in [3.8, 4) is 11.5 Å². The van der Waals surface area contributed by atoms with Gasteiger partial charge >= 0.3 is 0 Å². The third-order valence-electron chi connectivity index (χ3n) is 2.49. The Morgan fingerprint density at radius 3 is 3.12 bits per heavy atom. The first-order valence-electron chi connectivity index (χ1n) is 5.19. The number of nitrogens with one attached hydrogen (secondary N) is 2. The van der Waals surface area contributed by atoms with Gasteiger partial charge in [0.1, 0.15) is 11.5 Å². The third kappa shape index (κ3) is 2.83. The van der Waals surface area contributed by atoms with Crippen molar-refractivity contribution >= 4 is 23.4 Å². The molecule has 1 aromatic carbocycles. The van der Waals surface area contributed by atoms with Gasteiger partial charge in [-0.25, -0.2) is 0 Å². The maximum atomic E-state index is 11.8. The standard InChI is InChI=1S/C11H14N2O3S/c1-16-7-2-3-10(14)8(4-7)13-11(15)9-5-17-6-12-9/h2-4,9,12,14H,5-6H2,1H3,(H,13,15). The molecule has 1 aromatic rings. The van der Waals surface area contributed by atoms with Gasteiger partial charge in [-0.1, -0.05) is 0 Å². The zero-order chi connectivity index (χ0) is 12.3. The molecule has 1 atom stereocenters. The van der Waals surface area contributed by atoms with Crippen molar-refractivity contribution in [3.63, 3.8) is 0 Å². The van der Waals surface area contributed by atoms with Gasteiger partial charge in [-0.2, -0.15) is 0 Å². The van der Waals surface area contributed by atoms with Crippen LogP contribution in [0.3, 0.4) is 0 Å². The fourth-order valence-corrected chi connectivity index (χ4v) is 2.47. The third-order valence-corrected chi connectivity index (χ3v) is 3.43. The summed E-state index contributed by atoms with van der Waals surface area (Å²) in [6, 6.07) is 4.51. The highest BCUT2D eigenvalue weighted by Crippen LogP contribution is 2.28. The number of amides is 1. The molecule has 1 saturated heterocycles. The van der Waals surface area contributed by atoms with E-state index < -0.39 is 0 Å². The van der Waals surface area contributed by atoms with E-state index in [1.807, 2.05) is 0 Å². The van der Waals surface area contributed by atoms with Crippen LogP contribution in [0.5, 0.6) is 11.5 Å². The summed E-state index contributed by atoms with van der Waals surface area (Å²) in [6.45, 7) is 0. The first kappa shape index (κ1) is 12.1. The van der Waals surface area contributed by atoms with Crippen molar-refractivity contribution in [1.29, 1.82) is 0 Å². The van der Waals surface area contributed by atoms with Crippen molar-refractivity contribution in [2.24, 2.45) is 0 Å². The van der Waals surface area contributed by atoms with E-state index in [1.165, 1.54) is 13.2 Å². The SMILES string of the molecule is COc1ccc(O)c(NC(=O)C2CSCN2)c1. The van der Waals surface area contributed by atoms with Gasteiger partial charge in [0, 0.05) is 17.7 Å². The van der Waals surface area contributed by atoms with Crippen LogP contribution >= 0.6 is 11.8 Å². The van der Waals surface area contributed by atoms with Crippen LogP contribution in [-0.4, -0.2) is 35.8 Å². The minimum absolute atomic E-state index is 0.0322. The summed E-state index contributed by atoms with van der Waals surface area (Å²) < 4.78 is 5.03. The second kappa shape index (κ2) is 5.29. The summed E-state index contributed by atoms with van der Waals surface area (Å²) >= 11 is 1.67. The van der Waals surface area contributed by atoms with Crippen LogP contribution in [0.25, 0.3) is 0 Å². The van der Waals surface area contributed by atoms with Gasteiger partial charge in [-0.3, -0.25) is 10.1 Å². The van der Waals surface area contributed by atoms with Gasteiger partial charge in [0.2, 0.25) is 5.91 Å². The van der Waals surface area contributed by atoms with Crippen LogP contribution in [0, 0.1) is 0 Å². The number of hydrogen-bond acceptors (Lipinski definition) is 5. The smallest absolute Gasteiger partial charge is 0.242 e. The molecule has 1 unspecified atom stereocenters. The number of carbonyl (C=O) groups is 1. The maximum absolute atomic E-state index is 11.8. The molecular formula is C11H14N2O3S.